The lowest BCUT2D eigenvalue weighted by molar-refractivity contribution is 0.0748. The van der Waals surface area contributed by atoms with Crippen molar-refractivity contribution in [3.63, 3.8) is 0 Å². The van der Waals surface area contributed by atoms with E-state index in [1.807, 2.05) is 41.3 Å². The molecule has 1 heterocycles. The van der Waals surface area contributed by atoms with Crippen LogP contribution >= 0.6 is 12.6 Å². The van der Waals surface area contributed by atoms with Crippen LogP contribution in [-0.2, 0) is 13.1 Å². The molecule has 0 fully saturated rings. The number of carbonyl (C=O) groups is 1. The van der Waals surface area contributed by atoms with Crippen LogP contribution < -0.4 is 0 Å². The summed E-state index contributed by atoms with van der Waals surface area (Å²) < 4.78 is 0. The van der Waals surface area contributed by atoms with Crippen LogP contribution in [0.3, 0.4) is 0 Å². The molecule has 2 nitrogen and oxygen atoms in total. The van der Waals surface area contributed by atoms with Crippen molar-refractivity contribution in [2.45, 2.75) is 18.0 Å². The quantitative estimate of drug-likeness (QED) is 0.776. The molecule has 2 aromatic carbocycles. The van der Waals surface area contributed by atoms with Crippen LogP contribution in [0.2, 0.25) is 0 Å². The van der Waals surface area contributed by atoms with E-state index in [0.29, 0.717) is 18.7 Å². The molecule has 3 heteroatoms. The van der Waals surface area contributed by atoms with Gasteiger partial charge in [-0.15, -0.1) is 12.6 Å². The van der Waals surface area contributed by atoms with Crippen molar-refractivity contribution in [1.29, 1.82) is 0 Å². The normalized spacial score (nSPS) is 13.5. The van der Waals surface area contributed by atoms with E-state index in [9.17, 15) is 4.79 Å². The van der Waals surface area contributed by atoms with Gasteiger partial charge in [0, 0.05) is 18.0 Å². The van der Waals surface area contributed by atoms with Gasteiger partial charge in [-0.05, 0) is 23.3 Å². The first-order valence-corrected chi connectivity index (χ1v) is 6.34. The third-order valence-corrected chi connectivity index (χ3v) is 3.65. The molecule has 18 heavy (non-hydrogen) atoms. The van der Waals surface area contributed by atoms with Crippen molar-refractivity contribution in [3.05, 3.63) is 65.2 Å². The van der Waals surface area contributed by atoms with Gasteiger partial charge in [0.05, 0.1) is 5.56 Å². The topological polar surface area (TPSA) is 20.3 Å². The smallest absolute Gasteiger partial charge is 0.255 e. The second kappa shape index (κ2) is 4.50. The van der Waals surface area contributed by atoms with Gasteiger partial charge in [0.2, 0.25) is 0 Å². The minimum Gasteiger partial charge on any atom is -0.330 e. The largest absolute Gasteiger partial charge is 0.330 e. The lowest BCUT2D eigenvalue weighted by atomic mass is 10.1. The van der Waals surface area contributed by atoms with Crippen molar-refractivity contribution in [1.82, 2.24) is 4.90 Å². The fourth-order valence-electron chi connectivity index (χ4n) is 2.30. The predicted molar refractivity (Wildman–Crippen MR) is 73.7 cm³/mol. The van der Waals surface area contributed by atoms with Gasteiger partial charge in [-0.25, -0.2) is 0 Å². The summed E-state index contributed by atoms with van der Waals surface area (Å²) >= 11 is 4.34. The lowest BCUT2D eigenvalue weighted by Crippen LogP contribution is -2.25. The molecule has 0 N–H and O–H groups in total. The molecule has 0 unspecified atom stereocenters. The summed E-state index contributed by atoms with van der Waals surface area (Å²) in [5.74, 6) is 0.0526. The molecule has 0 aromatic heterocycles. The maximum absolute atomic E-state index is 12.4. The van der Waals surface area contributed by atoms with Crippen molar-refractivity contribution < 1.29 is 4.79 Å². The number of nitrogens with zero attached hydrogens (tertiary/aromatic N) is 1. The first kappa shape index (κ1) is 11.4. The van der Waals surface area contributed by atoms with Gasteiger partial charge in [-0.3, -0.25) is 4.79 Å². The Morgan fingerprint density at radius 2 is 1.50 bits per heavy atom. The third kappa shape index (κ3) is 1.91. The lowest BCUT2D eigenvalue weighted by Gasteiger charge is -2.16. The Bertz CT molecular complexity index is 584. The Kier molecular flexibility index (Phi) is 2.84. The van der Waals surface area contributed by atoms with Crippen LogP contribution in [-0.4, -0.2) is 10.8 Å². The van der Waals surface area contributed by atoms with Gasteiger partial charge in [-0.1, -0.05) is 36.4 Å². The monoisotopic (exact) mass is 255 g/mol. The van der Waals surface area contributed by atoms with Gasteiger partial charge < -0.3 is 4.90 Å². The molecule has 2 aromatic rings. The number of fused-ring (bicyclic) bond motifs is 1. The van der Waals surface area contributed by atoms with E-state index in [-0.39, 0.29) is 5.91 Å². The number of hydrogen-bond acceptors (Lipinski definition) is 2. The zero-order valence-corrected chi connectivity index (χ0v) is 10.7. The van der Waals surface area contributed by atoms with Crippen LogP contribution in [0.1, 0.15) is 21.5 Å². The molecule has 0 saturated carbocycles. The van der Waals surface area contributed by atoms with Crippen LogP contribution in [0.15, 0.2) is 53.4 Å². The highest BCUT2D eigenvalue weighted by molar-refractivity contribution is 7.80. The van der Waals surface area contributed by atoms with Crippen molar-refractivity contribution >= 4 is 18.5 Å². The molecular weight excluding hydrogens is 242 g/mol. The maximum Gasteiger partial charge on any atom is 0.255 e. The first-order valence-electron chi connectivity index (χ1n) is 5.90. The fourth-order valence-corrected chi connectivity index (χ4v) is 2.56. The Hall–Kier alpha value is -1.74. The zero-order chi connectivity index (χ0) is 12.5. The van der Waals surface area contributed by atoms with E-state index < -0.39 is 0 Å². The Morgan fingerprint density at radius 1 is 0.944 bits per heavy atom. The number of benzene rings is 2. The Labute approximate surface area is 112 Å². The van der Waals surface area contributed by atoms with E-state index in [1.165, 1.54) is 11.1 Å². The second-order valence-electron chi connectivity index (χ2n) is 4.45. The summed E-state index contributed by atoms with van der Waals surface area (Å²) in [5, 5.41) is 0. The Morgan fingerprint density at radius 3 is 2.11 bits per heavy atom. The summed E-state index contributed by atoms with van der Waals surface area (Å²) in [6, 6.07) is 15.6. The van der Waals surface area contributed by atoms with Crippen molar-refractivity contribution in [2.24, 2.45) is 0 Å². The Balaban J connectivity index is 1.87. The minimum atomic E-state index is 0.0526. The molecule has 0 aliphatic carbocycles. The van der Waals surface area contributed by atoms with Gasteiger partial charge in [0.1, 0.15) is 0 Å². The number of carbonyl (C=O) groups excluding carboxylic acids is 1. The van der Waals surface area contributed by atoms with Crippen LogP contribution in [0.4, 0.5) is 0 Å². The first-order chi connectivity index (χ1) is 8.75. The van der Waals surface area contributed by atoms with Crippen molar-refractivity contribution in [3.8, 4) is 0 Å². The molecule has 0 bridgehead atoms. The van der Waals surface area contributed by atoms with E-state index >= 15 is 0 Å². The van der Waals surface area contributed by atoms with E-state index in [4.69, 9.17) is 0 Å². The number of hydrogen-bond donors (Lipinski definition) is 1. The maximum atomic E-state index is 12.4. The fraction of sp³-hybridized carbons (Fsp3) is 0.133. The standard InChI is InChI=1S/C15H13NOS/c17-15(13-7-3-4-8-14(13)18)16-9-11-5-1-2-6-12(11)10-16/h1-8,18H,9-10H2. The molecule has 1 aliphatic heterocycles. The number of amides is 1. The zero-order valence-electron chi connectivity index (χ0n) is 9.84. The minimum absolute atomic E-state index is 0.0526. The number of rotatable bonds is 1. The average molecular weight is 255 g/mol. The van der Waals surface area contributed by atoms with Crippen molar-refractivity contribution in [2.75, 3.05) is 0 Å². The SMILES string of the molecule is O=C(c1ccccc1S)N1Cc2ccccc2C1. The van der Waals surface area contributed by atoms with Crippen LogP contribution in [0.5, 0.6) is 0 Å². The second-order valence-corrected chi connectivity index (χ2v) is 4.93. The highest BCUT2D eigenvalue weighted by Crippen LogP contribution is 2.25. The highest BCUT2D eigenvalue weighted by atomic mass is 32.1. The summed E-state index contributed by atoms with van der Waals surface area (Å²) in [6.07, 6.45) is 0. The molecule has 3 rings (SSSR count). The van der Waals surface area contributed by atoms with Crippen LogP contribution in [0.25, 0.3) is 0 Å². The predicted octanol–water partition coefficient (Wildman–Crippen LogP) is 3.13. The highest BCUT2D eigenvalue weighted by Gasteiger charge is 2.24. The molecule has 0 atom stereocenters. The summed E-state index contributed by atoms with van der Waals surface area (Å²) in [6.45, 7) is 1.38. The summed E-state index contributed by atoms with van der Waals surface area (Å²) in [7, 11) is 0. The molecular formula is C15H13NOS. The molecule has 0 saturated heterocycles. The van der Waals surface area contributed by atoms with Gasteiger partial charge in [-0.2, -0.15) is 0 Å². The summed E-state index contributed by atoms with van der Waals surface area (Å²) in [5.41, 5.74) is 3.15. The third-order valence-electron chi connectivity index (χ3n) is 3.26. The van der Waals surface area contributed by atoms with E-state index in [2.05, 4.69) is 24.8 Å². The van der Waals surface area contributed by atoms with E-state index in [0.717, 1.165) is 4.90 Å². The molecule has 90 valence electrons. The number of thiol groups is 1. The van der Waals surface area contributed by atoms with Crippen LogP contribution in [0, 0.1) is 0 Å². The van der Waals surface area contributed by atoms with Gasteiger partial charge in [0.15, 0.2) is 0 Å². The molecule has 0 spiro atoms. The molecule has 1 aliphatic rings. The average Bonchev–Trinajstić information content (AvgIpc) is 2.82. The summed E-state index contributed by atoms with van der Waals surface area (Å²) in [4.78, 5) is 15.0. The van der Waals surface area contributed by atoms with Gasteiger partial charge in [0.25, 0.3) is 5.91 Å². The van der Waals surface area contributed by atoms with Gasteiger partial charge >= 0.3 is 0 Å². The molecule has 1 amide bonds. The van der Waals surface area contributed by atoms with E-state index in [1.54, 1.807) is 0 Å². The molecule has 0 radical (unpaired) electrons.